The van der Waals surface area contributed by atoms with Gasteiger partial charge in [-0.1, -0.05) is 6.92 Å². The maximum Gasteiger partial charge on any atom is 0.343 e. The zero-order valence-corrected chi connectivity index (χ0v) is 21.5. The molecule has 4 heterocycles. The summed E-state index contributed by atoms with van der Waals surface area (Å²) >= 11 is 0. The number of pyridine rings is 2. The van der Waals surface area contributed by atoms with E-state index in [1.807, 2.05) is 6.92 Å². The number of thiol groups is 1. The van der Waals surface area contributed by atoms with Crippen LogP contribution in [0.4, 0.5) is 4.39 Å². The van der Waals surface area contributed by atoms with Gasteiger partial charge in [0.25, 0.3) is 5.56 Å². The molecule has 0 saturated carbocycles. The van der Waals surface area contributed by atoms with Gasteiger partial charge in [-0.25, -0.2) is 14.2 Å². The molecule has 3 atom stereocenters. The highest BCUT2D eigenvalue weighted by Crippen LogP contribution is 2.46. The quantitative estimate of drug-likeness (QED) is 0.287. The number of fused-ring (bicyclic) bond motifs is 5. The summed E-state index contributed by atoms with van der Waals surface area (Å²) in [6, 6.07) is 3.21. The van der Waals surface area contributed by atoms with Crippen LogP contribution < -0.4 is 11.3 Å². The summed E-state index contributed by atoms with van der Waals surface area (Å²) in [6.45, 7) is 4.34. The van der Waals surface area contributed by atoms with Crippen LogP contribution in [0.1, 0.15) is 46.7 Å². The first-order valence-electron chi connectivity index (χ1n) is 12.4. The van der Waals surface area contributed by atoms with Crippen LogP contribution >= 0.6 is 10.9 Å². The molecule has 0 spiro atoms. The SMILES string of the molecule is CC[C@@]1(O)C(=O)OCc2c1cc1n(c2=O)Cc2c-1nc1cc(F)c(C)c3c1c2CC([SH](C)CCN)C3. The summed E-state index contributed by atoms with van der Waals surface area (Å²) in [7, 11) is -0.351. The van der Waals surface area contributed by atoms with E-state index in [0.717, 1.165) is 40.7 Å². The third kappa shape index (κ3) is 3.09. The molecule has 0 bridgehead atoms. The second-order valence-corrected chi connectivity index (χ2v) is 12.9. The maximum atomic E-state index is 15.1. The Bertz CT molecular complexity index is 1530. The lowest BCUT2D eigenvalue weighted by Crippen LogP contribution is -2.44. The normalized spacial score (nSPS) is 23.2. The number of carbonyl (C=O) groups is 1. The van der Waals surface area contributed by atoms with Crippen molar-refractivity contribution in [3.8, 4) is 11.4 Å². The first kappa shape index (κ1) is 23.6. The van der Waals surface area contributed by atoms with Crippen molar-refractivity contribution >= 4 is 27.8 Å². The average molecular weight is 512 g/mol. The van der Waals surface area contributed by atoms with E-state index < -0.39 is 11.6 Å². The number of cyclic esters (lactones) is 1. The number of ether oxygens (including phenoxy) is 1. The molecule has 0 fully saturated rings. The van der Waals surface area contributed by atoms with Crippen LogP contribution in [0.2, 0.25) is 0 Å². The number of aromatic nitrogens is 2. The van der Waals surface area contributed by atoms with Gasteiger partial charge in [-0.15, -0.1) is 0 Å². The number of hydrogen-bond acceptors (Lipinski definition) is 6. The molecule has 2 aromatic heterocycles. The Morgan fingerprint density at radius 3 is 2.72 bits per heavy atom. The number of nitrogens with two attached hydrogens (primary N) is 1. The van der Waals surface area contributed by atoms with E-state index in [0.29, 0.717) is 46.4 Å². The Morgan fingerprint density at radius 2 is 2.00 bits per heavy atom. The third-order valence-electron chi connectivity index (χ3n) is 8.40. The van der Waals surface area contributed by atoms with Crippen molar-refractivity contribution in [2.24, 2.45) is 5.73 Å². The molecule has 2 unspecified atom stereocenters. The summed E-state index contributed by atoms with van der Waals surface area (Å²) in [4.78, 5) is 30.9. The second-order valence-electron chi connectivity index (χ2n) is 10.2. The van der Waals surface area contributed by atoms with Gasteiger partial charge < -0.3 is 20.1 Å². The van der Waals surface area contributed by atoms with Crippen molar-refractivity contribution in [1.29, 1.82) is 0 Å². The molecule has 0 amide bonds. The Kier molecular flexibility index (Phi) is 5.34. The lowest BCUT2D eigenvalue weighted by molar-refractivity contribution is -0.172. The van der Waals surface area contributed by atoms with Crippen molar-refractivity contribution in [2.75, 3.05) is 18.6 Å². The molecule has 1 aliphatic carbocycles. The maximum absolute atomic E-state index is 15.1. The topological polar surface area (TPSA) is 107 Å². The Hall–Kier alpha value is -2.75. The van der Waals surface area contributed by atoms with Crippen LogP contribution in [0.5, 0.6) is 0 Å². The molecule has 9 heteroatoms. The van der Waals surface area contributed by atoms with Crippen LogP contribution in [-0.2, 0) is 41.1 Å². The number of hydrogen-bond donors (Lipinski definition) is 3. The van der Waals surface area contributed by atoms with E-state index in [1.165, 1.54) is 6.07 Å². The number of halogens is 1. The lowest BCUT2D eigenvalue weighted by Gasteiger charge is -2.34. The van der Waals surface area contributed by atoms with Crippen molar-refractivity contribution in [3.63, 3.8) is 0 Å². The Morgan fingerprint density at radius 1 is 1.25 bits per heavy atom. The first-order valence-corrected chi connectivity index (χ1v) is 14.4. The van der Waals surface area contributed by atoms with Gasteiger partial charge >= 0.3 is 5.97 Å². The van der Waals surface area contributed by atoms with Gasteiger partial charge in [0.15, 0.2) is 5.60 Å². The highest BCUT2D eigenvalue weighted by atomic mass is 32.2. The van der Waals surface area contributed by atoms with Gasteiger partial charge in [-0.2, -0.15) is 0 Å². The van der Waals surface area contributed by atoms with E-state index in [4.69, 9.17) is 15.5 Å². The molecular formula is C27H30FN3O4S. The zero-order chi connectivity index (χ0) is 25.5. The molecule has 2 aliphatic heterocycles. The van der Waals surface area contributed by atoms with Gasteiger partial charge in [0.05, 0.1) is 29.0 Å². The van der Waals surface area contributed by atoms with Gasteiger partial charge in [0.2, 0.25) is 0 Å². The molecule has 0 saturated heterocycles. The standard InChI is InChI=1S/C27H30FN3O4S/c1-4-27(34)19-9-22-24-17(11-31(22)25(32)18(19)12-35-26(27)33)16-8-14(36(3)6-5-29)7-15-13(2)20(28)10-21(30-24)23(15)16/h9-10,14,34,36H,4-8,11-12,29H2,1-3H3/t14?,27-/m0/s1. The summed E-state index contributed by atoms with van der Waals surface area (Å²) in [5.41, 5.74) is 9.86. The molecule has 3 aromatic rings. The fraction of sp³-hybridized carbons (Fsp3) is 0.444. The molecule has 6 rings (SSSR count). The minimum absolute atomic E-state index is 0.0850. The van der Waals surface area contributed by atoms with Crippen LogP contribution in [0, 0.1) is 12.7 Å². The molecule has 3 N–H and O–H groups in total. The average Bonchev–Trinajstić information content (AvgIpc) is 3.24. The van der Waals surface area contributed by atoms with Crippen LogP contribution in [0.25, 0.3) is 22.3 Å². The van der Waals surface area contributed by atoms with Crippen molar-refractivity contribution in [3.05, 3.63) is 61.7 Å². The summed E-state index contributed by atoms with van der Waals surface area (Å²) in [5.74, 6) is -0.0709. The van der Waals surface area contributed by atoms with Crippen LogP contribution in [0.3, 0.4) is 0 Å². The molecule has 36 heavy (non-hydrogen) atoms. The number of rotatable bonds is 4. The molecule has 190 valence electrons. The third-order valence-corrected chi connectivity index (χ3v) is 11.0. The van der Waals surface area contributed by atoms with Crippen molar-refractivity contribution < 1.29 is 19.0 Å². The molecule has 0 radical (unpaired) electrons. The minimum Gasteiger partial charge on any atom is -0.458 e. The number of carbonyl (C=O) groups excluding carboxylic acids is 1. The van der Waals surface area contributed by atoms with Gasteiger partial charge in [-0.3, -0.25) is 15.7 Å². The molecule has 7 nitrogen and oxygen atoms in total. The van der Waals surface area contributed by atoms with Gasteiger partial charge in [0, 0.05) is 22.6 Å². The molecule has 1 aromatic carbocycles. The van der Waals surface area contributed by atoms with Gasteiger partial charge in [-0.05, 0) is 72.7 Å². The summed E-state index contributed by atoms with van der Waals surface area (Å²) in [6.07, 6.45) is 3.99. The fourth-order valence-corrected chi connectivity index (χ4v) is 7.97. The smallest absolute Gasteiger partial charge is 0.343 e. The monoisotopic (exact) mass is 511 g/mol. The van der Waals surface area contributed by atoms with E-state index in [9.17, 15) is 14.7 Å². The van der Waals surface area contributed by atoms with E-state index in [1.54, 1.807) is 17.6 Å². The Labute approximate surface area is 210 Å². The van der Waals surface area contributed by atoms with E-state index >= 15 is 4.39 Å². The lowest BCUT2D eigenvalue weighted by atomic mass is 9.84. The van der Waals surface area contributed by atoms with Crippen molar-refractivity contribution in [1.82, 2.24) is 9.55 Å². The number of esters is 1. The minimum atomic E-state index is -1.88. The summed E-state index contributed by atoms with van der Waals surface area (Å²) < 4.78 is 21.9. The predicted octanol–water partition coefficient (Wildman–Crippen LogP) is 2.58. The second kappa shape index (κ2) is 8.13. The predicted molar refractivity (Wildman–Crippen MR) is 139 cm³/mol. The zero-order valence-electron chi connectivity index (χ0n) is 20.7. The number of nitrogens with zero attached hydrogens (tertiary/aromatic N) is 2. The summed E-state index contributed by atoms with van der Waals surface area (Å²) in [5, 5.41) is 12.5. The molecular weight excluding hydrogens is 481 g/mol. The molecule has 3 aliphatic rings. The highest BCUT2D eigenvalue weighted by Gasteiger charge is 2.45. The largest absolute Gasteiger partial charge is 0.458 e. The van der Waals surface area contributed by atoms with Gasteiger partial charge in [0.1, 0.15) is 12.4 Å². The first-order chi connectivity index (χ1) is 17.2. The van der Waals surface area contributed by atoms with Crippen LogP contribution in [-0.4, -0.2) is 44.4 Å². The van der Waals surface area contributed by atoms with E-state index in [2.05, 4.69) is 6.26 Å². The highest BCUT2D eigenvalue weighted by molar-refractivity contribution is 8.17. The van der Waals surface area contributed by atoms with Crippen molar-refractivity contribution in [2.45, 2.75) is 57.1 Å². The fourth-order valence-electron chi connectivity index (χ4n) is 6.21. The Balaban J connectivity index is 1.62. The van der Waals surface area contributed by atoms with Crippen LogP contribution in [0.15, 0.2) is 16.9 Å². The number of benzene rings is 1. The van der Waals surface area contributed by atoms with E-state index in [-0.39, 0.29) is 40.9 Å². The number of aliphatic hydroxyl groups is 1.